The molecule has 6 heteroatoms. The van der Waals surface area contributed by atoms with E-state index < -0.39 is 0 Å². The van der Waals surface area contributed by atoms with Crippen molar-refractivity contribution in [1.82, 2.24) is 15.5 Å². The Morgan fingerprint density at radius 1 is 1.42 bits per heavy atom. The van der Waals surface area contributed by atoms with E-state index in [4.69, 9.17) is 4.74 Å². The number of piperazine rings is 1. The van der Waals surface area contributed by atoms with Gasteiger partial charge in [-0.1, -0.05) is 28.1 Å². The molecule has 1 aromatic carbocycles. The molecule has 1 unspecified atom stereocenters. The van der Waals surface area contributed by atoms with Crippen molar-refractivity contribution in [2.24, 2.45) is 5.92 Å². The summed E-state index contributed by atoms with van der Waals surface area (Å²) in [5, 5.41) is 6.45. The van der Waals surface area contributed by atoms with Crippen molar-refractivity contribution >= 4 is 21.8 Å². The minimum atomic E-state index is -0.0535. The van der Waals surface area contributed by atoms with Gasteiger partial charge in [-0.2, -0.15) is 0 Å². The molecule has 0 aliphatic carbocycles. The standard InChI is InChI=1S/C18H28BrN3O2/c1-24-12-5-16(13-15-3-2-4-17(19)14-15)18(23)21-8-11-22-9-6-20-7-10-22/h2-4,14,16,20H,5-13H2,1H3,(H,21,23). The largest absolute Gasteiger partial charge is 0.385 e. The van der Waals surface area contributed by atoms with Crippen LogP contribution in [0.15, 0.2) is 28.7 Å². The Kier molecular flexibility index (Phi) is 8.74. The number of halogens is 1. The second kappa shape index (κ2) is 10.8. The molecular weight excluding hydrogens is 370 g/mol. The lowest BCUT2D eigenvalue weighted by Gasteiger charge is -2.27. The number of hydrogen-bond donors (Lipinski definition) is 2. The van der Waals surface area contributed by atoms with Crippen molar-refractivity contribution in [2.75, 3.05) is 53.0 Å². The lowest BCUT2D eigenvalue weighted by Crippen LogP contribution is -2.46. The van der Waals surface area contributed by atoms with Crippen LogP contribution in [0.3, 0.4) is 0 Å². The normalized spacial score (nSPS) is 16.8. The van der Waals surface area contributed by atoms with E-state index in [0.717, 1.165) is 50.0 Å². The van der Waals surface area contributed by atoms with Crippen molar-refractivity contribution < 1.29 is 9.53 Å². The van der Waals surface area contributed by atoms with E-state index in [1.165, 1.54) is 5.56 Å². The molecule has 1 saturated heterocycles. The minimum Gasteiger partial charge on any atom is -0.385 e. The van der Waals surface area contributed by atoms with Crippen molar-refractivity contribution in [1.29, 1.82) is 0 Å². The summed E-state index contributed by atoms with van der Waals surface area (Å²) in [4.78, 5) is 15.0. The summed E-state index contributed by atoms with van der Waals surface area (Å²) in [7, 11) is 1.68. The Hall–Kier alpha value is -0.950. The average Bonchev–Trinajstić information content (AvgIpc) is 2.59. The van der Waals surface area contributed by atoms with Crippen LogP contribution in [0.4, 0.5) is 0 Å². The highest BCUT2D eigenvalue weighted by Gasteiger charge is 2.19. The Balaban J connectivity index is 1.82. The zero-order valence-corrected chi connectivity index (χ0v) is 16.0. The average molecular weight is 398 g/mol. The van der Waals surface area contributed by atoms with Crippen molar-refractivity contribution in [3.8, 4) is 0 Å². The van der Waals surface area contributed by atoms with Crippen molar-refractivity contribution in [3.05, 3.63) is 34.3 Å². The highest BCUT2D eigenvalue weighted by molar-refractivity contribution is 9.10. The van der Waals surface area contributed by atoms with Gasteiger partial charge in [0.05, 0.1) is 0 Å². The molecule has 0 saturated carbocycles. The van der Waals surface area contributed by atoms with Gasteiger partial charge in [0.25, 0.3) is 0 Å². The Morgan fingerprint density at radius 3 is 2.92 bits per heavy atom. The Labute approximate surface area is 153 Å². The van der Waals surface area contributed by atoms with Gasteiger partial charge in [-0.3, -0.25) is 9.69 Å². The lowest BCUT2D eigenvalue weighted by atomic mass is 9.95. The summed E-state index contributed by atoms with van der Waals surface area (Å²) in [5.41, 5.74) is 1.17. The third-order valence-electron chi connectivity index (χ3n) is 4.35. The Morgan fingerprint density at radius 2 is 2.21 bits per heavy atom. The summed E-state index contributed by atoms with van der Waals surface area (Å²) in [6, 6.07) is 8.16. The molecular formula is C18H28BrN3O2. The number of ether oxygens (including phenoxy) is 1. The quantitative estimate of drug-likeness (QED) is 0.665. The molecule has 1 atom stereocenters. The number of benzene rings is 1. The second-order valence-corrected chi connectivity index (χ2v) is 7.11. The molecule has 1 aromatic rings. The lowest BCUT2D eigenvalue weighted by molar-refractivity contribution is -0.125. The molecule has 1 aliphatic rings. The first-order valence-corrected chi connectivity index (χ1v) is 9.42. The van der Waals surface area contributed by atoms with Gasteiger partial charge >= 0.3 is 0 Å². The molecule has 1 aliphatic heterocycles. The molecule has 134 valence electrons. The molecule has 1 amide bonds. The van der Waals surface area contributed by atoms with Crippen LogP contribution in [0.2, 0.25) is 0 Å². The van der Waals surface area contributed by atoms with Crippen molar-refractivity contribution in [3.63, 3.8) is 0 Å². The number of rotatable bonds is 9. The van der Waals surface area contributed by atoms with Gasteiger partial charge in [0.2, 0.25) is 5.91 Å². The molecule has 24 heavy (non-hydrogen) atoms. The molecule has 2 N–H and O–H groups in total. The maximum atomic E-state index is 12.6. The van der Waals surface area contributed by atoms with E-state index in [2.05, 4.69) is 43.6 Å². The third-order valence-corrected chi connectivity index (χ3v) is 4.84. The number of methoxy groups -OCH3 is 1. The second-order valence-electron chi connectivity index (χ2n) is 6.20. The number of hydrogen-bond acceptors (Lipinski definition) is 4. The van der Waals surface area contributed by atoms with Crippen LogP contribution in [0.25, 0.3) is 0 Å². The first-order valence-electron chi connectivity index (χ1n) is 8.63. The topological polar surface area (TPSA) is 53.6 Å². The minimum absolute atomic E-state index is 0.0535. The van der Waals surface area contributed by atoms with Gasteiger partial charge in [0.1, 0.15) is 0 Å². The van der Waals surface area contributed by atoms with E-state index in [9.17, 15) is 4.79 Å². The first-order chi connectivity index (χ1) is 11.7. The summed E-state index contributed by atoms with van der Waals surface area (Å²) >= 11 is 3.49. The Bertz CT molecular complexity index is 507. The fourth-order valence-electron chi connectivity index (χ4n) is 2.95. The fraction of sp³-hybridized carbons (Fsp3) is 0.611. The van der Waals surface area contributed by atoms with Gasteiger partial charge < -0.3 is 15.4 Å². The van der Waals surface area contributed by atoms with E-state index in [0.29, 0.717) is 13.2 Å². The summed E-state index contributed by atoms with van der Waals surface area (Å²) in [5.74, 6) is 0.0735. The molecule has 5 nitrogen and oxygen atoms in total. The third kappa shape index (κ3) is 6.89. The SMILES string of the molecule is COCCC(Cc1cccc(Br)c1)C(=O)NCCN1CCNCC1. The van der Waals surface area contributed by atoms with E-state index in [1.807, 2.05) is 12.1 Å². The molecule has 2 rings (SSSR count). The van der Waals surface area contributed by atoms with Crippen LogP contribution >= 0.6 is 15.9 Å². The maximum absolute atomic E-state index is 12.6. The number of amides is 1. The summed E-state index contributed by atoms with van der Waals surface area (Å²) in [6.45, 7) is 6.41. The van der Waals surface area contributed by atoms with Crippen LogP contribution in [0, 0.1) is 5.92 Å². The number of nitrogens with one attached hydrogen (secondary N) is 2. The molecule has 0 spiro atoms. The van der Waals surface area contributed by atoms with Crippen LogP contribution in [0.1, 0.15) is 12.0 Å². The fourth-order valence-corrected chi connectivity index (χ4v) is 3.40. The molecule has 0 aromatic heterocycles. The van der Waals surface area contributed by atoms with Gasteiger partial charge in [-0.25, -0.2) is 0 Å². The highest BCUT2D eigenvalue weighted by Crippen LogP contribution is 2.17. The van der Waals surface area contributed by atoms with Gasteiger partial charge in [-0.05, 0) is 30.5 Å². The predicted octanol–water partition coefficient (Wildman–Crippen LogP) is 1.67. The number of carbonyl (C=O) groups is 1. The van der Waals surface area contributed by atoms with Gasteiger partial charge in [0, 0.05) is 63.4 Å². The van der Waals surface area contributed by atoms with Gasteiger partial charge in [-0.15, -0.1) is 0 Å². The zero-order chi connectivity index (χ0) is 17.2. The molecule has 1 fully saturated rings. The maximum Gasteiger partial charge on any atom is 0.223 e. The monoisotopic (exact) mass is 397 g/mol. The van der Waals surface area contributed by atoms with E-state index in [1.54, 1.807) is 7.11 Å². The first kappa shape index (κ1) is 19.4. The predicted molar refractivity (Wildman–Crippen MR) is 100 cm³/mol. The van der Waals surface area contributed by atoms with E-state index in [-0.39, 0.29) is 11.8 Å². The van der Waals surface area contributed by atoms with E-state index >= 15 is 0 Å². The molecule has 1 heterocycles. The van der Waals surface area contributed by atoms with Crippen LogP contribution in [0.5, 0.6) is 0 Å². The molecule has 0 radical (unpaired) electrons. The zero-order valence-electron chi connectivity index (χ0n) is 14.4. The van der Waals surface area contributed by atoms with Crippen LogP contribution in [-0.4, -0.2) is 63.8 Å². The number of nitrogens with zero attached hydrogens (tertiary/aromatic N) is 1. The number of carbonyl (C=O) groups excluding carboxylic acids is 1. The van der Waals surface area contributed by atoms with Gasteiger partial charge in [0.15, 0.2) is 0 Å². The summed E-state index contributed by atoms with van der Waals surface area (Å²) < 4.78 is 6.23. The summed E-state index contributed by atoms with van der Waals surface area (Å²) in [6.07, 6.45) is 1.48. The highest BCUT2D eigenvalue weighted by atomic mass is 79.9. The molecule has 0 bridgehead atoms. The van der Waals surface area contributed by atoms with Crippen molar-refractivity contribution in [2.45, 2.75) is 12.8 Å². The smallest absolute Gasteiger partial charge is 0.223 e. The van der Waals surface area contributed by atoms with Crippen LogP contribution < -0.4 is 10.6 Å². The van der Waals surface area contributed by atoms with Crippen LogP contribution in [-0.2, 0) is 16.0 Å².